The molecule has 0 unspecified atom stereocenters. The third-order valence-electron chi connectivity index (χ3n) is 2.88. The van der Waals surface area contributed by atoms with Crippen LogP contribution in [0.4, 0.5) is 0 Å². The second-order valence-corrected chi connectivity index (χ2v) is 4.41. The second kappa shape index (κ2) is 5.22. The van der Waals surface area contributed by atoms with E-state index < -0.39 is 0 Å². The van der Waals surface area contributed by atoms with Crippen molar-refractivity contribution >= 4 is 17.1 Å². The van der Waals surface area contributed by atoms with Crippen LogP contribution >= 0.6 is 0 Å². The minimum atomic E-state index is -0.201. The number of methoxy groups -OCH3 is 1. The van der Waals surface area contributed by atoms with Gasteiger partial charge in [-0.1, -0.05) is 6.92 Å². The lowest BCUT2D eigenvalue weighted by atomic mass is 10.1. The van der Waals surface area contributed by atoms with Crippen LogP contribution in [-0.4, -0.2) is 28.3 Å². The molecule has 5 heteroatoms. The van der Waals surface area contributed by atoms with Gasteiger partial charge in [-0.15, -0.1) is 0 Å². The highest BCUT2D eigenvalue weighted by Gasteiger charge is 2.14. The summed E-state index contributed by atoms with van der Waals surface area (Å²) >= 11 is 0. The van der Waals surface area contributed by atoms with Crippen molar-refractivity contribution in [3.63, 3.8) is 0 Å². The zero-order chi connectivity index (χ0) is 14.0. The van der Waals surface area contributed by atoms with E-state index in [9.17, 15) is 9.59 Å². The van der Waals surface area contributed by atoms with E-state index in [-0.39, 0.29) is 18.0 Å². The molecule has 0 aliphatic heterocycles. The van der Waals surface area contributed by atoms with Gasteiger partial charge in [-0.25, -0.2) is 4.52 Å². The normalized spacial score (nSPS) is 10.7. The minimum Gasteiger partial charge on any atom is -0.481 e. The molecule has 0 saturated carbocycles. The monoisotopic (exact) mass is 260 g/mol. The van der Waals surface area contributed by atoms with Crippen molar-refractivity contribution < 1.29 is 14.3 Å². The van der Waals surface area contributed by atoms with Crippen molar-refractivity contribution in [1.82, 2.24) is 9.61 Å². The zero-order valence-corrected chi connectivity index (χ0v) is 11.3. The van der Waals surface area contributed by atoms with Crippen LogP contribution in [0.1, 0.15) is 36.3 Å². The lowest BCUT2D eigenvalue weighted by molar-refractivity contribution is -0.116. The number of hydrogen-bond donors (Lipinski definition) is 0. The number of pyridine rings is 1. The smallest absolute Gasteiger partial charge is 0.215 e. The first-order valence-corrected chi connectivity index (χ1v) is 6.14. The van der Waals surface area contributed by atoms with Gasteiger partial charge in [-0.3, -0.25) is 9.59 Å². The van der Waals surface area contributed by atoms with Gasteiger partial charge in [0, 0.05) is 11.6 Å². The lowest BCUT2D eigenvalue weighted by Gasteiger charge is -2.06. The Morgan fingerprint density at radius 3 is 2.63 bits per heavy atom. The predicted molar refractivity (Wildman–Crippen MR) is 70.8 cm³/mol. The molecule has 0 spiro atoms. The fraction of sp³-hybridized carbons (Fsp3) is 0.357. The number of carbonyl (C=O) groups excluding carboxylic acids is 2. The first-order valence-electron chi connectivity index (χ1n) is 6.14. The number of nitrogens with zero attached hydrogens (tertiary/aromatic N) is 2. The van der Waals surface area contributed by atoms with Crippen LogP contribution in [0, 0.1) is 0 Å². The van der Waals surface area contributed by atoms with E-state index in [4.69, 9.17) is 4.74 Å². The van der Waals surface area contributed by atoms with Crippen LogP contribution in [0.15, 0.2) is 18.2 Å². The van der Waals surface area contributed by atoms with E-state index in [1.165, 1.54) is 14.0 Å². The molecule has 0 fully saturated rings. The van der Waals surface area contributed by atoms with Crippen molar-refractivity contribution in [2.45, 2.75) is 26.7 Å². The van der Waals surface area contributed by atoms with Crippen LogP contribution < -0.4 is 4.74 Å². The van der Waals surface area contributed by atoms with Gasteiger partial charge in [-0.05, 0) is 25.5 Å². The van der Waals surface area contributed by atoms with Gasteiger partial charge in [0.05, 0.1) is 24.7 Å². The molecule has 0 saturated heterocycles. The number of hydrogen-bond acceptors (Lipinski definition) is 4. The van der Waals surface area contributed by atoms with Crippen LogP contribution in [0.5, 0.6) is 5.88 Å². The van der Waals surface area contributed by atoms with Gasteiger partial charge in [-0.2, -0.15) is 5.10 Å². The number of Topliss-reactive ketones (excluding diaryl/α,β-unsaturated/α-hetero) is 2. The molecule has 0 amide bonds. The SMILES string of the molecule is CCc1cc2cc(C(=O)CC(C)=O)cc(OC)n2n1. The first-order chi connectivity index (χ1) is 9.05. The molecular formula is C14H16N2O3. The summed E-state index contributed by atoms with van der Waals surface area (Å²) in [5, 5.41) is 4.38. The number of ketones is 2. The third-order valence-corrected chi connectivity index (χ3v) is 2.88. The van der Waals surface area contributed by atoms with Crippen LogP contribution in [-0.2, 0) is 11.2 Å². The largest absolute Gasteiger partial charge is 0.481 e. The molecule has 100 valence electrons. The Morgan fingerprint density at radius 2 is 2.05 bits per heavy atom. The summed E-state index contributed by atoms with van der Waals surface area (Å²) in [4.78, 5) is 23.0. The fourth-order valence-electron chi connectivity index (χ4n) is 1.93. The summed E-state index contributed by atoms with van der Waals surface area (Å²) in [6.45, 7) is 3.41. The van der Waals surface area contributed by atoms with Gasteiger partial charge in [0.2, 0.25) is 5.88 Å². The molecule has 2 rings (SSSR count). The lowest BCUT2D eigenvalue weighted by Crippen LogP contribution is -2.07. The van der Waals surface area contributed by atoms with Gasteiger partial charge >= 0.3 is 0 Å². The van der Waals surface area contributed by atoms with E-state index in [1.54, 1.807) is 16.6 Å². The predicted octanol–water partition coefficient (Wildman–Crippen LogP) is 2.07. The summed E-state index contributed by atoms with van der Waals surface area (Å²) in [7, 11) is 1.53. The van der Waals surface area contributed by atoms with Crippen LogP contribution in [0.25, 0.3) is 5.52 Å². The molecule has 19 heavy (non-hydrogen) atoms. The Kier molecular flexibility index (Phi) is 3.64. The molecule has 0 atom stereocenters. The summed E-state index contributed by atoms with van der Waals surface area (Å²) in [6, 6.07) is 5.26. The van der Waals surface area contributed by atoms with Crippen molar-refractivity contribution in [1.29, 1.82) is 0 Å². The summed E-state index contributed by atoms with van der Waals surface area (Å²) in [6.07, 6.45) is 0.718. The summed E-state index contributed by atoms with van der Waals surface area (Å²) in [5.74, 6) is 0.142. The maximum Gasteiger partial charge on any atom is 0.215 e. The van der Waals surface area contributed by atoms with Crippen molar-refractivity contribution in [3.05, 3.63) is 29.5 Å². The topological polar surface area (TPSA) is 60.7 Å². The molecule has 0 radical (unpaired) electrons. The molecule has 2 heterocycles. The third kappa shape index (κ3) is 2.65. The molecule has 2 aromatic heterocycles. The number of ether oxygens (including phenoxy) is 1. The zero-order valence-electron chi connectivity index (χ0n) is 11.3. The van der Waals surface area contributed by atoms with Crippen LogP contribution in [0.3, 0.4) is 0 Å². The Hall–Kier alpha value is -2.17. The highest BCUT2D eigenvalue weighted by atomic mass is 16.5. The molecule has 2 aromatic rings. The highest BCUT2D eigenvalue weighted by molar-refractivity contribution is 6.07. The number of fused-ring (bicyclic) bond motifs is 1. The van der Waals surface area contributed by atoms with Crippen molar-refractivity contribution in [3.8, 4) is 5.88 Å². The average Bonchev–Trinajstić information content (AvgIpc) is 2.79. The molecule has 0 aromatic carbocycles. The fourth-order valence-corrected chi connectivity index (χ4v) is 1.93. The second-order valence-electron chi connectivity index (χ2n) is 4.41. The Balaban J connectivity index is 2.52. The van der Waals surface area contributed by atoms with E-state index in [2.05, 4.69) is 5.10 Å². The van der Waals surface area contributed by atoms with E-state index in [0.29, 0.717) is 11.4 Å². The van der Waals surface area contributed by atoms with Gasteiger partial charge in [0.15, 0.2) is 5.78 Å². The minimum absolute atomic E-state index is 0.0892. The maximum absolute atomic E-state index is 11.9. The number of aromatic nitrogens is 2. The van der Waals surface area contributed by atoms with E-state index in [1.807, 2.05) is 13.0 Å². The van der Waals surface area contributed by atoms with E-state index in [0.717, 1.165) is 17.6 Å². The molecule has 0 N–H and O–H groups in total. The molecule has 0 bridgehead atoms. The summed E-state index contributed by atoms with van der Waals surface area (Å²) in [5.41, 5.74) is 2.19. The van der Waals surface area contributed by atoms with Gasteiger partial charge < -0.3 is 4.74 Å². The Morgan fingerprint density at radius 1 is 1.32 bits per heavy atom. The number of rotatable bonds is 5. The molecule has 0 aliphatic rings. The van der Waals surface area contributed by atoms with Gasteiger partial charge in [0.25, 0.3) is 0 Å². The maximum atomic E-state index is 11.9. The average molecular weight is 260 g/mol. The molecular weight excluding hydrogens is 244 g/mol. The Bertz CT molecular complexity index is 643. The van der Waals surface area contributed by atoms with Crippen molar-refractivity contribution in [2.24, 2.45) is 0 Å². The van der Waals surface area contributed by atoms with Crippen molar-refractivity contribution in [2.75, 3.05) is 7.11 Å². The standard InChI is InChI=1S/C14H16N2O3/c1-4-11-8-12-6-10(13(18)5-9(2)17)7-14(19-3)16(12)15-11/h6-8H,4-5H2,1-3H3. The van der Waals surface area contributed by atoms with E-state index >= 15 is 0 Å². The quantitative estimate of drug-likeness (QED) is 0.610. The number of carbonyl (C=O) groups is 2. The highest BCUT2D eigenvalue weighted by Crippen LogP contribution is 2.20. The Labute approximate surface area is 111 Å². The number of aryl methyl sites for hydroxylation is 1. The first kappa shape index (κ1) is 13.3. The van der Waals surface area contributed by atoms with Crippen LogP contribution in [0.2, 0.25) is 0 Å². The molecule has 5 nitrogen and oxygen atoms in total. The van der Waals surface area contributed by atoms with Gasteiger partial charge in [0.1, 0.15) is 5.78 Å². The summed E-state index contributed by atoms with van der Waals surface area (Å²) < 4.78 is 6.90. The molecule has 0 aliphatic carbocycles.